The van der Waals surface area contributed by atoms with E-state index >= 15 is 0 Å². The van der Waals surface area contributed by atoms with E-state index < -0.39 is 8.32 Å². The molecule has 0 heterocycles. The van der Waals surface area contributed by atoms with E-state index in [-0.39, 0.29) is 21.5 Å². The number of carbonyl (C=O) groups is 2. The first-order valence-corrected chi connectivity index (χ1v) is 17.9. The lowest BCUT2D eigenvalue weighted by molar-refractivity contribution is -0.140. The number of rotatable bonds is 14. The van der Waals surface area contributed by atoms with Crippen molar-refractivity contribution >= 4 is 54.1 Å². The molecular formula is C33H43NO4S2Si. The molecule has 41 heavy (non-hydrogen) atoms. The molecule has 220 valence electrons. The lowest BCUT2D eigenvalue weighted by Crippen LogP contribution is -2.66. The molecule has 0 aromatic heterocycles. The number of esters is 1. The van der Waals surface area contributed by atoms with Crippen molar-refractivity contribution in [1.82, 2.24) is 4.90 Å². The highest BCUT2D eigenvalue weighted by molar-refractivity contribution is 8.16. The molecule has 0 bridgehead atoms. The van der Waals surface area contributed by atoms with Crippen LogP contribution in [0.1, 0.15) is 49.3 Å². The predicted molar refractivity (Wildman–Crippen MR) is 176 cm³/mol. The molecule has 0 spiro atoms. The zero-order valence-corrected chi connectivity index (χ0v) is 27.7. The van der Waals surface area contributed by atoms with Gasteiger partial charge in [0.1, 0.15) is 0 Å². The molecular weight excluding hydrogens is 567 g/mol. The Hall–Kier alpha value is -2.52. The van der Waals surface area contributed by atoms with Crippen molar-refractivity contribution < 1.29 is 18.8 Å². The highest BCUT2D eigenvalue weighted by Gasteiger charge is 2.50. The Morgan fingerprint density at radius 3 is 1.90 bits per heavy atom. The van der Waals surface area contributed by atoms with Crippen molar-refractivity contribution in [2.75, 3.05) is 32.7 Å². The third kappa shape index (κ3) is 8.98. The number of hydrogen-bond donors (Lipinski definition) is 0. The molecule has 3 aromatic rings. The summed E-state index contributed by atoms with van der Waals surface area (Å²) >= 11 is 3.46. The molecule has 1 atom stereocenters. The summed E-state index contributed by atoms with van der Waals surface area (Å²) in [5, 5.41) is 2.41. The van der Waals surface area contributed by atoms with Gasteiger partial charge < -0.3 is 14.1 Å². The van der Waals surface area contributed by atoms with Gasteiger partial charge in [-0.1, -0.05) is 106 Å². The predicted octanol–water partition coefficient (Wildman–Crippen LogP) is 6.27. The minimum absolute atomic E-state index is 0.0856. The quantitative estimate of drug-likeness (QED) is 0.122. The maximum atomic E-state index is 12.2. The molecule has 3 aromatic carbocycles. The number of thioether (sulfide) groups is 2. The van der Waals surface area contributed by atoms with Gasteiger partial charge in [0.2, 0.25) is 5.91 Å². The van der Waals surface area contributed by atoms with Crippen LogP contribution in [0, 0.1) is 0 Å². The van der Waals surface area contributed by atoms with Crippen molar-refractivity contribution in [1.29, 1.82) is 0 Å². The summed E-state index contributed by atoms with van der Waals surface area (Å²) in [6.45, 7) is 7.35. The fourth-order valence-electron chi connectivity index (χ4n) is 4.85. The lowest BCUT2D eigenvalue weighted by atomic mass is 10.1. The van der Waals surface area contributed by atoms with Crippen LogP contribution in [0.3, 0.4) is 0 Å². The number of amides is 1. The van der Waals surface area contributed by atoms with Crippen LogP contribution in [0.25, 0.3) is 0 Å². The van der Waals surface area contributed by atoms with Crippen LogP contribution < -0.4 is 10.4 Å². The second-order valence-electron chi connectivity index (χ2n) is 11.1. The molecule has 0 saturated heterocycles. The fourth-order valence-corrected chi connectivity index (χ4v) is 12.0. The SMILES string of the molecule is COC(=O)CCSC(SCCC(=O)N(C)C)c1cccc(CO[Si](c2ccccc2)(c2ccccc2)C(C)(C)C)c1. The normalized spacial score (nSPS) is 12.5. The molecule has 0 aliphatic carbocycles. The van der Waals surface area contributed by atoms with Gasteiger partial charge >= 0.3 is 5.97 Å². The Labute approximate surface area is 255 Å². The fraction of sp³-hybridized carbons (Fsp3) is 0.394. The van der Waals surface area contributed by atoms with Crippen LogP contribution in [-0.2, 0) is 25.4 Å². The Morgan fingerprint density at radius 1 is 0.829 bits per heavy atom. The van der Waals surface area contributed by atoms with Gasteiger partial charge in [0, 0.05) is 32.0 Å². The van der Waals surface area contributed by atoms with Crippen LogP contribution in [0.5, 0.6) is 0 Å². The smallest absolute Gasteiger partial charge is 0.306 e. The summed E-state index contributed by atoms with van der Waals surface area (Å²) in [4.78, 5) is 25.6. The zero-order valence-electron chi connectivity index (χ0n) is 25.1. The highest BCUT2D eigenvalue weighted by Crippen LogP contribution is 2.41. The monoisotopic (exact) mass is 609 g/mol. The number of methoxy groups -OCH3 is 1. The molecule has 5 nitrogen and oxygen atoms in total. The van der Waals surface area contributed by atoms with E-state index in [0.29, 0.717) is 31.0 Å². The molecule has 0 saturated carbocycles. The summed E-state index contributed by atoms with van der Waals surface area (Å²) in [6.07, 6.45) is 0.827. The van der Waals surface area contributed by atoms with Gasteiger partial charge in [-0.2, -0.15) is 0 Å². The second kappa shape index (κ2) is 15.6. The number of hydrogen-bond acceptors (Lipinski definition) is 6. The van der Waals surface area contributed by atoms with Crippen molar-refractivity contribution in [3.63, 3.8) is 0 Å². The summed E-state index contributed by atoms with van der Waals surface area (Å²) in [7, 11) is 2.32. The second-order valence-corrected chi connectivity index (χ2v) is 18.2. The van der Waals surface area contributed by atoms with Gasteiger partial charge in [-0.15, -0.1) is 23.5 Å². The number of nitrogens with zero attached hydrogens (tertiary/aromatic N) is 1. The van der Waals surface area contributed by atoms with Gasteiger partial charge in [0.25, 0.3) is 8.32 Å². The lowest BCUT2D eigenvalue weighted by Gasteiger charge is -2.43. The van der Waals surface area contributed by atoms with E-state index in [1.807, 2.05) is 0 Å². The Morgan fingerprint density at radius 2 is 1.39 bits per heavy atom. The van der Waals surface area contributed by atoms with Crippen molar-refractivity contribution in [3.8, 4) is 0 Å². The van der Waals surface area contributed by atoms with Gasteiger partial charge in [-0.3, -0.25) is 9.59 Å². The standard InChI is InChI=1S/C33H43NO4S2Si/c1-33(2,3)41(28-16-9-7-10-17-28,29-18-11-8-12-19-29)38-25-26-14-13-15-27(24-26)32(40-23-21-31(36)37-6)39-22-20-30(35)34(4)5/h7-19,24,32H,20-23,25H2,1-6H3. The zero-order chi connectivity index (χ0) is 29.9. The van der Waals surface area contributed by atoms with Crippen molar-refractivity contribution in [2.45, 2.75) is 49.8 Å². The number of ether oxygens (including phenoxy) is 1. The first-order valence-electron chi connectivity index (χ1n) is 13.9. The summed E-state index contributed by atoms with van der Waals surface area (Å²) < 4.78 is 12.1. The first-order chi connectivity index (χ1) is 19.6. The van der Waals surface area contributed by atoms with Crippen LogP contribution in [-0.4, -0.2) is 57.8 Å². The molecule has 0 aliphatic rings. The van der Waals surface area contributed by atoms with E-state index in [9.17, 15) is 9.59 Å². The molecule has 0 N–H and O–H groups in total. The van der Waals surface area contributed by atoms with Gasteiger partial charge in [-0.25, -0.2) is 0 Å². The van der Waals surface area contributed by atoms with Crippen LogP contribution in [0.4, 0.5) is 0 Å². The third-order valence-corrected chi connectivity index (χ3v) is 14.8. The van der Waals surface area contributed by atoms with Crippen LogP contribution in [0.2, 0.25) is 5.04 Å². The van der Waals surface area contributed by atoms with E-state index in [2.05, 4.69) is 106 Å². The first kappa shape index (κ1) is 33.0. The van der Waals surface area contributed by atoms with Crippen LogP contribution in [0.15, 0.2) is 84.9 Å². The van der Waals surface area contributed by atoms with Crippen molar-refractivity contribution in [3.05, 3.63) is 96.1 Å². The Balaban J connectivity index is 1.88. The largest absolute Gasteiger partial charge is 0.469 e. The van der Waals surface area contributed by atoms with E-state index in [4.69, 9.17) is 9.16 Å². The molecule has 0 fully saturated rings. The van der Waals surface area contributed by atoms with E-state index in [1.165, 1.54) is 17.5 Å². The molecule has 0 radical (unpaired) electrons. The minimum atomic E-state index is -2.66. The summed E-state index contributed by atoms with van der Waals surface area (Å²) in [5.74, 6) is 1.25. The Kier molecular flexibility index (Phi) is 12.6. The summed E-state index contributed by atoms with van der Waals surface area (Å²) in [5.41, 5.74) is 2.27. The average Bonchev–Trinajstić information content (AvgIpc) is 2.97. The van der Waals surface area contributed by atoms with Crippen molar-refractivity contribution in [2.24, 2.45) is 0 Å². The molecule has 3 rings (SSSR count). The summed E-state index contributed by atoms with van der Waals surface area (Å²) in [6, 6.07) is 29.9. The van der Waals surface area contributed by atoms with Gasteiger partial charge in [-0.05, 0) is 26.5 Å². The van der Waals surface area contributed by atoms with Crippen LogP contribution >= 0.6 is 23.5 Å². The van der Waals surface area contributed by atoms with E-state index in [0.717, 1.165) is 11.1 Å². The average molecular weight is 610 g/mol. The molecule has 1 amide bonds. The minimum Gasteiger partial charge on any atom is -0.469 e. The van der Waals surface area contributed by atoms with Gasteiger partial charge in [0.15, 0.2) is 0 Å². The highest BCUT2D eigenvalue weighted by atomic mass is 32.2. The molecule has 0 aliphatic heterocycles. The van der Waals surface area contributed by atoms with E-state index in [1.54, 1.807) is 42.5 Å². The number of benzene rings is 3. The number of carbonyl (C=O) groups excluding carboxylic acids is 2. The topological polar surface area (TPSA) is 55.8 Å². The Bertz CT molecular complexity index is 1210. The molecule has 8 heteroatoms. The molecule has 1 unspecified atom stereocenters. The third-order valence-electron chi connectivity index (χ3n) is 6.98. The van der Waals surface area contributed by atoms with Gasteiger partial charge in [0.05, 0.1) is 24.7 Å². The maximum absolute atomic E-state index is 12.2. The maximum Gasteiger partial charge on any atom is 0.306 e.